The van der Waals surface area contributed by atoms with E-state index >= 15 is 0 Å². The number of benzene rings is 1. The fourth-order valence-electron chi connectivity index (χ4n) is 1.16. The number of aromatic hydroxyl groups is 1. The number of phenolic OH excluding ortho intramolecular Hbond substituents is 1. The molecular weight excluding hydrogens is 210 g/mol. The molecule has 0 fully saturated rings. The Kier molecular flexibility index (Phi) is 3.66. The van der Waals surface area contributed by atoms with Crippen LogP contribution < -0.4 is 5.32 Å². The minimum Gasteiger partial charge on any atom is -0.508 e. The van der Waals surface area contributed by atoms with Gasteiger partial charge in [0.2, 0.25) is 5.91 Å². The molecule has 5 heteroatoms. The molecule has 0 heterocycles. The summed E-state index contributed by atoms with van der Waals surface area (Å²) in [4.78, 5) is 21.9. The average molecular weight is 221 g/mol. The van der Waals surface area contributed by atoms with E-state index in [0.717, 1.165) is 6.08 Å². The van der Waals surface area contributed by atoms with E-state index in [2.05, 4.69) is 11.9 Å². The van der Waals surface area contributed by atoms with Gasteiger partial charge in [-0.05, 0) is 23.8 Å². The predicted octanol–water partition coefficient (Wildman–Crippen LogP) is 0.820. The molecule has 0 unspecified atom stereocenters. The van der Waals surface area contributed by atoms with E-state index in [1.54, 1.807) is 0 Å². The average Bonchev–Trinajstić information content (AvgIpc) is 2.26. The number of carbonyl (C=O) groups excluding carboxylic acids is 1. The Morgan fingerprint density at radius 3 is 2.31 bits per heavy atom. The largest absolute Gasteiger partial charge is 0.508 e. The van der Waals surface area contributed by atoms with Crippen molar-refractivity contribution in [2.24, 2.45) is 0 Å². The molecule has 1 aromatic rings. The molecule has 0 aliphatic carbocycles. The number of hydrogen-bond acceptors (Lipinski definition) is 3. The Morgan fingerprint density at radius 2 is 1.88 bits per heavy atom. The van der Waals surface area contributed by atoms with Gasteiger partial charge in [-0.25, -0.2) is 4.79 Å². The Balaban J connectivity index is 2.93. The maximum absolute atomic E-state index is 11.0. The monoisotopic (exact) mass is 221 g/mol. The minimum atomic E-state index is -1.18. The van der Waals surface area contributed by atoms with Crippen molar-refractivity contribution in [2.45, 2.75) is 6.04 Å². The maximum Gasteiger partial charge on any atom is 0.330 e. The second-order valence-corrected chi connectivity index (χ2v) is 3.08. The van der Waals surface area contributed by atoms with Crippen LogP contribution >= 0.6 is 0 Å². The van der Waals surface area contributed by atoms with Crippen LogP contribution in [0.1, 0.15) is 11.6 Å². The highest BCUT2D eigenvalue weighted by atomic mass is 16.4. The van der Waals surface area contributed by atoms with E-state index in [0.29, 0.717) is 5.56 Å². The lowest BCUT2D eigenvalue weighted by molar-refractivity contribution is -0.141. The number of hydrogen-bond donors (Lipinski definition) is 3. The van der Waals surface area contributed by atoms with Crippen LogP contribution in [0.15, 0.2) is 36.9 Å². The summed E-state index contributed by atoms with van der Waals surface area (Å²) in [5.74, 6) is -1.72. The van der Waals surface area contributed by atoms with Crippen LogP contribution in [-0.2, 0) is 9.59 Å². The maximum atomic E-state index is 11.0. The van der Waals surface area contributed by atoms with Crippen LogP contribution in [0.3, 0.4) is 0 Å². The summed E-state index contributed by atoms with van der Waals surface area (Å²) < 4.78 is 0. The molecule has 16 heavy (non-hydrogen) atoms. The van der Waals surface area contributed by atoms with E-state index in [1.807, 2.05) is 0 Å². The van der Waals surface area contributed by atoms with Gasteiger partial charge in [0.25, 0.3) is 0 Å². The molecule has 0 aromatic heterocycles. The van der Waals surface area contributed by atoms with Crippen LogP contribution in [-0.4, -0.2) is 22.1 Å². The zero-order chi connectivity index (χ0) is 12.1. The van der Waals surface area contributed by atoms with E-state index in [-0.39, 0.29) is 5.75 Å². The molecule has 0 aliphatic rings. The van der Waals surface area contributed by atoms with Crippen LogP contribution in [0, 0.1) is 0 Å². The quantitative estimate of drug-likeness (QED) is 0.657. The third-order valence-electron chi connectivity index (χ3n) is 1.95. The molecule has 1 rings (SSSR count). The molecule has 0 saturated heterocycles. The fourth-order valence-corrected chi connectivity index (χ4v) is 1.16. The van der Waals surface area contributed by atoms with Gasteiger partial charge < -0.3 is 15.5 Å². The van der Waals surface area contributed by atoms with Gasteiger partial charge in [0.15, 0.2) is 6.04 Å². The summed E-state index contributed by atoms with van der Waals surface area (Å²) in [6.45, 7) is 3.24. The third-order valence-corrected chi connectivity index (χ3v) is 1.95. The molecule has 5 nitrogen and oxygen atoms in total. The lowest BCUT2D eigenvalue weighted by Gasteiger charge is -2.13. The van der Waals surface area contributed by atoms with Crippen molar-refractivity contribution in [2.75, 3.05) is 0 Å². The Hall–Kier alpha value is -2.30. The second-order valence-electron chi connectivity index (χ2n) is 3.08. The van der Waals surface area contributed by atoms with Crippen molar-refractivity contribution < 1.29 is 19.8 Å². The summed E-state index contributed by atoms with van der Waals surface area (Å²) in [5, 5.41) is 20.2. The number of carboxylic acids is 1. The fraction of sp³-hybridized carbons (Fsp3) is 0.0909. The van der Waals surface area contributed by atoms with Crippen LogP contribution in [0.2, 0.25) is 0 Å². The Morgan fingerprint density at radius 1 is 1.31 bits per heavy atom. The van der Waals surface area contributed by atoms with E-state index in [4.69, 9.17) is 10.2 Å². The number of nitrogens with one attached hydrogen (secondary N) is 1. The molecule has 1 atom stereocenters. The first-order valence-corrected chi connectivity index (χ1v) is 4.49. The molecule has 0 spiro atoms. The highest BCUT2D eigenvalue weighted by Gasteiger charge is 2.20. The molecular formula is C11H11NO4. The van der Waals surface area contributed by atoms with Crippen molar-refractivity contribution in [3.05, 3.63) is 42.5 Å². The zero-order valence-corrected chi connectivity index (χ0v) is 8.38. The van der Waals surface area contributed by atoms with E-state index < -0.39 is 17.9 Å². The van der Waals surface area contributed by atoms with Crippen molar-refractivity contribution >= 4 is 11.9 Å². The zero-order valence-electron chi connectivity index (χ0n) is 8.38. The van der Waals surface area contributed by atoms with Gasteiger partial charge in [0, 0.05) is 0 Å². The molecule has 3 N–H and O–H groups in total. The predicted molar refractivity (Wildman–Crippen MR) is 56.8 cm³/mol. The highest BCUT2D eigenvalue weighted by molar-refractivity contribution is 5.91. The van der Waals surface area contributed by atoms with Gasteiger partial charge in [-0.3, -0.25) is 4.79 Å². The lowest BCUT2D eigenvalue weighted by atomic mass is 10.1. The number of carbonyl (C=O) groups is 2. The number of carboxylic acid groups (broad SMARTS) is 1. The van der Waals surface area contributed by atoms with Crippen molar-refractivity contribution in [1.29, 1.82) is 0 Å². The van der Waals surface area contributed by atoms with Gasteiger partial charge in [0.1, 0.15) is 5.75 Å². The van der Waals surface area contributed by atoms with Crippen LogP contribution in [0.25, 0.3) is 0 Å². The molecule has 1 amide bonds. The van der Waals surface area contributed by atoms with E-state index in [1.165, 1.54) is 24.3 Å². The van der Waals surface area contributed by atoms with Gasteiger partial charge >= 0.3 is 5.97 Å². The molecule has 84 valence electrons. The Bertz CT molecular complexity index is 410. The van der Waals surface area contributed by atoms with E-state index in [9.17, 15) is 9.59 Å². The summed E-state index contributed by atoms with van der Waals surface area (Å²) in [5.41, 5.74) is 0.375. The first kappa shape index (κ1) is 11.8. The summed E-state index contributed by atoms with van der Waals surface area (Å²) in [6, 6.07) is 4.41. The van der Waals surface area contributed by atoms with Gasteiger partial charge in [-0.15, -0.1) is 0 Å². The molecule has 0 aliphatic heterocycles. The van der Waals surface area contributed by atoms with Crippen molar-refractivity contribution in [3.63, 3.8) is 0 Å². The van der Waals surface area contributed by atoms with Gasteiger partial charge in [-0.2, -0.15) is 0 Å². The molecule has 0 saturated carbocycles. The summed E-state index contributed by atoms with van der Waals surface area (Å²) >= 11 is 0. The lowest BCUT2D eigenvalue weighted by Crippen LogP contribution is -2.32. The number of amides is 1. The first-order valence-electron chi connectivity index (χ1n) is 4.49. The summed E-state index contributed by atoms with van der Waals surface area (Å²) in [6.07, 6.45) is 0.996. The standard InChI is InChI=1S/C11H11NO4/c1-2-9(14)12-10(11(15)16)7-3-5-8(13)6-4-7/h2-6,10,13H,1H2,(H,12,14)(H,15,16)/t10-/m0/s1. The van der Waals surface area contributed by atoms with Gasteiger partial charge in [-0.1, -0.05) is 18.7 Å². The molecule has 0 radical (unpaired) electrons. The SMILES string of the molecule is C=CC(=O)N[C@H](C(=O)O)c1ccc(O)cc1. The smallest absolute Gasteiger partial charge is 0.330 e. The van der Waals surface area contributed by atoms with Crippen LogP contribution in [0.5, 0.6) is 5.75 Å². The number of phenols is 1. The Labute approximate surface area is 92.0 Å². The first-order chi connectivity index (χ1) is 7.54. The van der Waals surface area contributed by atoms with Gasteiger partial charge in [0.05, 0.1) is 0 Å². The summed E-state index contributed by atoms with van der Waals surface area (Å²) in [7, 11) is 0. The van der Waals surface area contributed by atoms with Crippen molar-refractivity contribution in [3.8, 4) is 5.75 Å². The minimum absolute atomic E-state index is 0.0305. The van der Waals surface area contributed by atoms with Crippen LogP contribution in [0.4, 0.5) is 0 Å². The molecule has 0 bridgehead atoms. The topological polar surface area (TPSA) is 86.6 Å². The second kappa shape index (κ2) is 4.97. The highest BCUT2D eigenvalue weighted by Crippen LogP contribution is 2.17. The number of aliphatic carboxylic acids is 1. The third kappa shape index (κ3) is 2.84. The normalized spacial score (nSPS) is 11.5. The molecule has 1 aromatic carbocycles. The number of rotatable bonds is 4. The van der Waals surface area contributed by atoms with Crippen molar-refractivity contribution in [1.82, 2.24) is 5.32 Å².